The van der Waals surface area contributed by atoms with Gasteiger partial charge in [-0.1, -0.05) is 19.1 Å². The maximum Gasteiger partial charge on any atom is 0.142 e. The lowest BCUT2D eigenvalue weighted by atomic mass is 9.88. The maximum absolute atomic E-state index is 5.39. The fraction of sp³-hybridized carbons (Fsp3) is 0.571. The molecule has 1 saturated heterocycles. The van der Waals surface area contributed by atoms with Gasteiger partial charge in [0.2, 0.25) is 0 Å². The average molecular weight is 234 g/mol. The van der Waals surface area contributed by atoms with Gasteiger partial charge in [-0.05, 0) is 37.1 Å². The van der Waals surface area contributed by atoms with Crippen molar-refractivity contribution in [1.82, 2.24) is 5.32 Å². The molecule has 1 aromatic carbocycles. The van der Waals surface area contributed by atoms with E-state index in [0.29, 0.717) is 5.92 Å². The Balaban J connectivity index is 2.00. The first-order valence-corrected chi connectivity index (χ1v) is 6.27. The van der Waals surface area contributed by atoms with E-state index in [1.165, 1.54) is 18.8 Å². The summed E-state index contributed by atoms with van der Waals surface area (Å²) < 4.78 is 5.39. The van der Waals surface area contributed by atoms with Gasteiger partial charge in [-0.2, -0.15) is 0 Å². The third-order valence-corrected chi connectivity index (χ3v) is 3.68. The largest absolute Gasteiger partial charge is 0.495 e. The molecule has 3 heteroatoms. The number of benzene rings is 1. The Morgan fingerprint density at radius 1 is 1.41 bits per heavy atom. The van der Waals surface area contributed by atoms with Gasteiger partial charge in [0, 0.05) is 13.6 Å². The van der Waals surface area contributed by atoms with Gasteiger partial charge in [0.15, 0.2) is 0 Å². The van der Waals surface area contributed by atoms with Crippen LogP contribution in [-0.4, -0.2) is 33.8 Å². The van der Waals surface area contributed by atoms with E-state index >= 15 is 0 Å². The van der Waals surface area contributed by atoms with Gasteiger partial charge in [0.1, 0.15) is 5.75 Å². The predicted molar refractivity (Wildman–Crippen MR) is 71.8 cm³/mol. The molecule has 0 aromatic heterocycles. The fourth-order valence-corrected chi connectivity index (χ4v) is 2.34. The van der Waals surface area contributed by atoms with Crippen molar-refractivity contribution in [1.29, 1.82) is 0 Å². The van der Waals surface area contributed by atoms with Crippen LogP contribution in [0.5, 0.6) is 5.75 Å². The second kappa shape index (κ2) is 5.41. The Hall–Kier alpha value is -1.22. The SMILES string of the molecule is COc1ccccc1N(C)CC(C)C1CNC1. The van der Waals surface area contributed by atoms with Crippen molar-refractivity contribution < 1.29 is 4.74 Å². The van der Waals surface area contributed by atoms with Crippen LogP contribution in [0.3, 0.4) is 0 Å². The Morgan fingerprint density at radius 2 is 2.12 bits per heavy atom. The first-order valence-electron chi connectivity index (χ1n) is 6.27. The highest BCUT2D eigenvalue weighted by atomic mass is 16.5. The summed E-state index contributed by atoms with van der Waals surface area (Å²) in [6, 6.07) is 8.20. The zero-order valence-electron chi connectivity index (χ0n) is 10.9. The Morgan fingerprint density at radius 3 is 2.71 bits per heavy atom. The molecule has 1 fully saturated rings. The predicted octanol–water partition coefficient (Wildman–Crippen LogP) is 1.99. The van der Waals surface area contributed by atoms with Crippen LogP contribution in [0.25, 0.3) is 0 Å². The summed E-state index contributed by atoms with van der Waals surface area (Å²) in [5.41, 5.74) is 1.18. The van der Waals surface area contributed by atoms with E-state index in [-0.39, 0.29) is 0 Å². The van der Waals surface area contributed by atoms with Crippen LogP contribution in [0.4, 0.5) is 5.69 Å². The highest BCUT2D eigenvalue weighted by Crippen LogP contribution is 2.28. The maximum atomic E-state index is 5.39. The molecular weight excluding hydrogens is 212 g/mol. The Labute approximate surface area is 104 Å². The van der Waals surface area contributed by atoms with Crippen LogP contribution >= 0.6 is 0 Å². The molecule has 1 N–H and O–H groups in total. The summed E-state index contributed by atoms with van der Waals surface area (Å²) in [7, 11) is 3.87. The monoisotopic (exact) mass is 234 g/mol. The van der Waals surface area contributed by atoms with Gasteiger partial charge in [0.25, 0.3) is 0 Å². The standard InChI is InChI=1S/C14H22N2O/c1-11(12-8-15-9-12)10-16(2)13-6-4-5-7-14(13)17-3/h4-7,11-12,15H,8-10H2,1-3H3. The van der Waals surface area contributed by atoms with Gasteiger partial charge in [-0.3, -0.25) is 0 Å². The first-order chi connectivity index (χ1) is 8.22. The van der Waals surface area contributed by atoms with E-state index in [9.17, 15) is 0 Å². The molecule has 94 valence electrons. The van der Waals surface area contributed by atoms with Crippen LogP contribution < -0.4 is 15.0 Å². The molecule has 1 atom stereocenters. The Kier molecular flexibility index (Phi) is 3.89. The lowest BCUT2D eigenvalue weighted by Gasteiger charge is -2.35. The van der Waals surface area contributed by atoms with Crippen molar-refractivity contribution in [2.24, 2.45) is 11.8 Å². The van der Waals surface area contributed by atoms with Gasteiger partial charge < -0.3 is 15.0 Å². The van der Waals surface area contributed by atoms with E-state index in [0.717, 1.165) is 18.2 Å². The van der Waals surface area contributed by atoms with E-state index in [4.69, 9.17) is 4.74 Å². The second-order valence-corrected chi connectivity index (χ2v) is 4.95. The third kappa shape index (κ3) is 2.72. The summed E-state index contributed by atoms with van der Waals surface area (Å²) >= 11 is 0. The van der Waals surface area contributed by atoms with Gasteiger partial charge in [-0.15, -0.1) is 0 Å². The van der Waals surface area contributed by atoms with Crippen LogP contribution in [0.15, 0.2) is 24.3 Å². The molecule has 0 spiro atoms. The van der Waals surface area contributed by atoms with Crippen LogP contribution in [0.2, 0.25) is 0 Å². The molecule has 1 heterocycles. The highest BCUT2D eigenvalue weighted by Gasteiger charge is 2.24. The van der Waals surface area contributed by atoms with E-state index in [1.54, 1.807) is 7.11 Å². The highest BCUT2D eigenvalue weighted by molar-refractivity contribution is 5.57. The molecule has 1 aliphatic rings. The van der Waals surface area contributed by atoms with E-state index in [1.807, 2.05) is 12.1 Å². The molecule has 0 aliphatic carbocycles. The Bertz CT molecular complexity index is 363. The number of anilines is 1. The zero-order valence-corrected chi connectivity index (χ0v) is 10.9. The first kappa shape index (κ1) is 12.2. The molecule has 1 aromatic rings. The topological polar surface area (TPSA) is 24.5 Å². The van der Waals surface area contributed by atoms with Crippen LogP contribution in [0.1, 0.15) is 6.92 Å². The zero-order chi connectivity index (χ0) is 12.3. The van der Waals surface area contributed by atoms with E-state index < -0.39 is 0 Å². The normalized spacial score (nSPS) is 17.4. The van der Waals surface area contributed by atoms with Crippen LogP contribution in [0, 0.1) is 11.8 Å². The number of rotatable bonds is 5. The molecule has 2 rings (SSSR count). The number of nitrogens with zero attached hydrogens (tertiary/aromatic N) is 1. The molecule has 0 amide bonds. The van der Waals surface area contributed by atoms with Crippen molar-refractivity contribution in [3.63, 3.8) is 0 Å². The van der Waals surface area contributed by atoms with Gasteiger partial charge in [0.05, 0.1) is 12.8 Å². The van der Waals surface area contributed by atoms with Gasteiger partial charge in [-0.25, -0.2) is 0 Å². The molecule has 1 aliphatic heterocycles. The number of para-hydroxylation sites is 2. The average Bonchev–Trinajstić information content (AvgIpc) is 2.26. The second-order valence-electron chi connectivity index (χ2n) is 4.95. The number of hydrogen-bond donors (Lipinski definition) is 1. The lowest BCUT2D eigenvalue weighted by Crippen LogP contribution is -2.47. The molecule has 3 nitrogen and oxygen atoms in total. The van der Waals surface area contributed by atoms with Crippen molar-refractivity contribution >= 4 is 5.69 Å². The van der Waals surface area contributed by atoms with Crippen LogP contribution in [-0.2, 0) is 0 Å². The lowest BCUT2D eigenvalue weighted by molar-refractivity contribution is 0.252. The molecule has 1 unspecified atom stereocenters. The summed E-state index contributed by atoms with van der Waals surface area (Å²) in [6.45, 7) is 5.74. The molecule has 0 saturated carbocycles. The third-order valence-electron chi connectivity index (χ3n) is 3.68. The molecule has 0 radical (unpaired) electrons. The van der Waals surface area contributed by atoms with Crippen molar-refractivity contribution in [3.8, 4) is 5.75 Å². The number of methoxy groups -OCH3 is 1. The number of hydrogen-bond acceptors (Lipinski definition) is 3. The minimum Gasteiger partial charge on any atom is -0.495 e. The minimum absolute atomic E-state index is 0.714. The quantitative estimate of drug-likeness (QED) is 0.843. The smallest absolute Gasteiger partial charge is 0.142 e. The van der Waals surface area contributed by atoms with Gasteiger partial charge >= 0.3 is 0 Å². The minimum atomic E-state index is 0.714. The van der Waals surface area contributed by atoms with Crippen molar-refractivity contribution in [2.45, 2.75) is 6.92 Å². The summed E-state index contributed by atoms with van der Waals surface area (Å²) in [5.74, 6) is 2.49. The summed E-state index contributed by atoms with van der Waals surface area (Å²) in [5, 5.41) is 3.33. The molecule has 0 bridgehead atoms. The molecular formula is C14H22N2O. The fourth-order valence-electron chi connectivity index (χ4n) is 2.34. The summed E-state index contributed by atoms with van der Waals surface area (Å²) in [4.78, 5) is 2.29. The number of nitrogens with one attached hydrogen (secondary N) is 1. The van der Waals surface area contributed by atoms with Crippen molar-refractivity contribution in [2.75, 3.05) is 38.7 Å². The van der Waals surface area contributed by atoms with Crippen molar-refractivity contribution in [3.05, 3.63) is 24.3 Å². The summed E-state index contributed by atoms with van der Waals surface area (Å²) in [6.07, 6.45) is 0. The number of ether oxygens (including phenoxy) is 1. The van der Waals surface area contributed by atoms with E-state index in [2.05, 4.69) is 36.3 Å². The molecule has 17 heavy (non-hydrogen) atoms.